The summed E-state index contributed by atoms with van der Waals surface area (Å²) in [5.41, 5.74) is 9.19. The van der Waals surface area contributed by atoms with Crippen molar-refractivity contribution in [3.63, 3.8) is 0 Å². The van der Waals surface area contributed by atoms with Gasteiger partial charge in [0.2, 0.25) is 5.69 Å². The maximum Gasteiger partial charge on any atom is 0.214 e. The Morgan fingerprint density at radius 1 is 1.09 bits per heavy atom. The zero-order valence-electron chi connectivity index (χ0n) is 13.5. The number of fused-ring (bicyclic) bond motifs is 3. The molecule has 0 amide bonds. The summed E-state index contributed by atoms with van der Waals surface area (Å²) >= 11 is 0. The third-order valence-electron chi connectivity index (χ3n) is 4.78. The van der Waals surface area contributed by atoms with E-state index in [1.807, 2.05) is 6.20 Å². The average Bonchev–Trinajstić information content (AvgIpc) is 3.04. The molecule has 1 aliphatic rings. The van der Waals surface area contributed by atoms with Crippen LogP contribution in [0.1, 0.15) is 28.1 Å². The number of hydrogen-bond acceptors (Lipinski definition) is 1. The third kappa shape index (κ3) is 1.75. The van der Waals surface area contributed by atoms with Crippen LogP contribution in [0.15, 0.2) is 36.8 Å². The van der Waals surface area contributed by atoms with E-state index in [4.69, 9.17) is 0 Å². The number of benzene rings is 1. The van der Waals surface area contributed by atoms with Gasteiger partial charge in [0.1, 0.15) is 12.9 Å². The molecule has 0 fully saturated rings. The van der Waals surface area contributed by atoms with Gasteiger partial charge in [-0.3, -0.25) is 0 Å². The molecule has 0 aliphatic carbocycles. The fourth-order valence-electron chi connectivity index (χ4n) is 3.45. The highest BCUT2D eigenvalue weighted by atomic mass is 15.1. The predicted molar refractivity (Wildman–Crippen MR) is 87.2 cm³/mol. The van der Waals surface area contributed by atoms with Gasteiger partial charge in [0.15, 0.2) is 6.20 Å². The highest BCUT2D eigenvalue weighted by Gasteiger charge is 2.27. The Labute approximate surface area is 130 Å². The highest BCUT2D eigenvalue weighted by Crippen LogP contribution is 2.37. The summed E-state index contributed by atoms with van der Waals surface area (Å²) < 4.78 is 4.48. The number of nitrogens with zero attached hydrogens (tertiary/aromatic N) is 3. The van der Waals surface area contributed by atoms with E-state index < -0.39 is 0 Å². The van der Waals surface area contributed by atoms with E-state index in [1.54, 1.807) is 0 Å². The number of imidazole rings is 1. The molecule has 110 valence electrons. The van der Waals surface area contributed by atoms with Crippen LogP contribution in [0.5, 0.6) is 0 Å². The Balaban J connectivity index is 2.06. The molecular weight excluding hydrogens is 270 g/mol. The van der Waals surface area contributed by atoms with Crippen molar-refractivity contribution >= 4 is 0 Å². The van der Waals surface area contributed by atoms with Crippen LogP contribution in [-0.4, -0.2) is 9.55 Å². The van der Waals surface area contributed by atoms with Crippen molar-refractivity contribution in [1.29, 1.82) is 0 Å². The van der Waals surface area contributed by atoms with Crippen molar-refractivity contribution in [1.82, 2.24) is 9.55 Å². The van der Waals surface area contributed by atoms with E-state index in [-0.39, 0.29) is 0 Å². The molecule has 0 N–H and O–H groups in total. The third-order valence-corrected chi connectivity index (χ3v) is 4.78. The zero-order valence-corrected chi connectivity index (χ0v) is 13.5. The highest BCUT2D eigenvalue weighted by molar-refractivity contribution is 5.76. The molecule has 0 spiro atoms. The van der Waals surface area contributed by atoms with Crippen LogP contribution < -0.4 is 4.57 Å². The Bertz CT molecular complexity index is 903. The zero-order chi connectivity index (χ0) is 15.4. The minimum absolute atomic E-state index is 0.921. The van der Waals surface area contributed by atoms with Crippen molar-refractivity contribution in [2.75, 3.05) is 0 Å². The van der Waals surface area contributed by atoms with E-state index in [0.29, 0.717) is 0 Å². The first-order valence-electron chi connectivity index (χ1n) is 7.68. The molecule has 0 radical (unpaired) electrons. The van der Waals surface area contributed by atoms with E-state index in [1.165, 1.54) is 39.2 Å². The second-order valence-corrected chi connectivity index (χ2v) is 6.29. The van der Waals surface area contributed by atoms with E-state index in [0.717, 1.165) is 12.2 Å². The SMILES string of the molecule is Cc1cc(-c2c(C)ccc3c2-n2ccnc2C3)[n+](C)cc1C. The van der Waals surface area contributed by atoms with Crippen LogP contribution in [-0.2, 0) is 13.5 Å². The average molecular weight is 290 g/mol. The minimum atomic E-state index is 0.921. The largest absolute Gasteiger partial charge is 0.302 e. The normalized spacial score (nSPS) is 12.4. The van der Waals surface area contributed by atoms with Crippen molar-refractivity contribution in [3.8, 4) is 16.9 Å². The Morgan fingerprint density at radius 2 is 1.91 bits per heavy atom. The molecule has 3 nitrogen and oxygen atoms in total. The van der Waals surface area contributed by atoms with Gasteiger partial charge >= 0.3 is 0 Å². The number of hydrogen-bond donors (Lipinski definition) is 0. The van der Waals surface area contributed by atoms with Gasteiger partial charge < -0.3 is 4.57 Å². The number of pyridine rings is 1. The minimum Gasteiger partial charge on any atom is -0.302 e. The standard InChI is InChI=1S/C19H20N3/c1-12-5-6-15-10-17-20-7-8-22(17)19(15)18(12)16-9-13(2)14(3)11-21(16)4/h5-9,11H,10H2,1-4H3/q+1. The molecule has 0 saturated carbocycles. The van der Waals surface area contributed by atoms with Crippen molar-refractivity contribution in [2.45, 2.75) is 27.2 Å². The fourth-order valence-corrected chi connectivity index (χ4v) is 3.45. The lowest BCUT2D eigenvalue weighted by Crippen LogP contribution is -2.32. The van der Waals surface area contributed by atoms with Crippen molar-refractivity contribution < 1.29 is 4.57 Å². The molecule has 3 heteroatoms. The maximum absolute atomic E-state index is 4.49. The summed E-state index contributed by atoms with van der Waals surface area (Å²) in [4.78, 5) is 4.49. The summed E-state index contributed by atoms with van der Waals surface area (Å²) in [7, 11) is 2.13. The first-order chi connectivity index (χ1) is 10.6. The molecule has 0 bridgehead atoms. The first-order valence-corrected chi connectivity index (χ1v) is 7.68. The lowest BCUT2D eigenvalue weighted by molar-refractivity contribution is -0.660. The molecule has 0 atom stereocenters. The molecular formula is C19H20N3+. The molecule has 3 aromatic rings. The summed E-state index contributed by atoms with van der Waals surface area (Å²) in [6, 6.07) is 6.77. The molecule has 22 heavy (non-hydrogen) atoms. The van der Waals surface area contributed by atoms with Gasteiger partial charge in [0.25, 0.3) is 0 Å². The van der Waals surface area contributed by atoms with E-state index >= 15 is 0 Å². The molecule has 0 saturated heterocycles. The van der Waals surface area contributed by atoms with Crippen molar-refractivity contribution in [2.24, 2.45) is 7.05 Å². The maximum atomic E-state index is 4.49. The summed E-state index contributed by atoms with van der Waals surface area (Å²) in [6.07, 6.45) is 7.10. The van der Waals surface area contributed by atoms with Gasteiger partial charge in [-0.15, -0.1) is 0 Å². The predicted octanol–water partition coefficient (Wildman–Crippen LogP) is 3.19. The quantitative estimate of drug-likeness (QED) is 0.493. The summed E-state index contributed by atoms with van der Waals surface area (Å²) in [6.45, 7) is 6.54. The first kappa shape index (κ1) is 13.3. The number of aryl methyl sites for hydroxylation is 4. The Kier molecular flexibility index (Phi) is 2.73. The van der Waals surface area contributed by atoms with Gasteiger partial charge in [-0.05, 0) is 37.5 Å². The van der Waals surface area contributed by atoms with Gasteiger partial charge in [-0.1, -0.05) is 12.1 Å². The summed E-state index contributed by atoms with van der Waals surface area (Å²) in [5.74, 6) is 1.13. The smallest absolute Gasteiger partial charge is 0.214 e. The molecule has 2 aromatic heterocycles. The second-order valence-electron chi connectivity index (χ2n) is 6.29. The van der Waals surface area contributed by atoms with Crippen LogP contribution in [0.25, 0.3) is 16.9 Å². The van der Waals surface area contributed by atoms with Crippen LogP contribution in [0.4, 0.5) is 0 Å². The van der Waals surface area contributed by atoms with Gasteiger partial charge in [0, 0.05) is 30.4 Å². The monoisotopic (exact) mass is 290 g/mol. The molecule has 1 aromatic carbocycles. The fraction of sp³-hybridized carbons (Fsp3) is 0.263. The van der Waals surface area contributed by atoms with Crippen LogP contribution in [0.3, 0.4) is 0 Å². The van der Waals surface area contributed by atoms with E-state index in [9.17, 15) is 0 Å². The van der Waals surface area contributed by atoms with E-state index in [2.05, 4.69) is 72.5 Å². The Morgan fingerprint density at radius 3 is 2.73 bits per heavy atom. The van der Waals surface area contributed by atoms with Crippen LogP contribution in [0.2, 0.25) is 0 Å². The van der Waals surface area contributed by atoms with Gasteiger partial charge in [0.05, 0.1) is 11.3 Å². The molecule has 4 rings (SSSR count). The molecule has 0 unspecified atom stereocenters. The lowest BCUT2D eigenvalue weighted by atomic mass is 9.97. The summed E-state index contributed by atoms with van der Waals surface area (Å²) in [5, 5.41) is 0. The second kappa shape index (κ2) is 4.54. The van der Waals surface area contributed by atoms with Crippen LogP contribution in [0, 0.1) is 20.8 Å². The molecule has 3 heterocycles. The van der Waals surface area contributed by atoms with Gasteiger partial charge in [-0.25, -0.2) is 9.55 Å². The lowest BCUT2D eigenvalue weighted by Gasteiger charge is -2.13. The Hall–Kier alpha value is -2.42. The van der Waals surface area contributed by atoms with Crippen LogP contribution >= 0.6 is 0 Å². The topological polar surface area (TPSA) is 21.7 Å². The van der Waals surface area contributed by atoms with Gasteiger partial charge in [-0.2, -0.15) is 0 Å². The number of rotatable bonds is 1. The molecule has 1 aliphatic heterocycles. The van der Waals surface area contributed by atoms with Crippen molar-refractivity contribution in [3.05, 3.63) is 64.9 Å². The number of aromatic nitrogens is 3.